The third-order valence-electron chi connectivity index (χ3n) is 1.55. The summed E-state index contributed by atoms with van der Waals surface area (Å²) in [4.78, 5) is 12.8. The molecule has 0 saturated carbocycles. The summed E-state index contributed by atoms with van der Waals surface area (Å²) in [5.41, 5.74) is 0. The second-order valence-electron chi connectivity index (χ2n) is 2.40. The van der Waals surface area contributed by atoms with Crippen molar-refractivity contribution in [1.82, 2.24) is 15.5 Å². The van der Waals surface area contributed by atoms with Crippen molar-refractivity contribution < 1.29 is 4.79 Å². The number of rotatable bonds is 4. The molecule has 0 spiro atoms. The van der Waals surface area contributed by atoms with Crippen molar-refractivity contribution in [3.05, 3.63) is 0 Å². The molecule has 0 aromatic carbocycles. The quantitative estimate of drug-likeness (QED) is 0.600. The van der Waals surface area contributed by atoms with Crippen molar-refractivity contribution in [2.24, 2.45) is 0 Å². The average Bonchev–Trinajstić information content (AvgIpc) is 2.04. The molecule has 0 atom stereocenters. The topological polar surface area (TPSA) is 44.4 Å². The van der Waals surface area contributed by atoms with Crippen molar-refractivity contribution in [2.45, 2.75) is 6.92 Å². The Morgan fingerprint density at radius 2 is 2.18 bits per heavy atom. The number of likely N-dealkylation sites (N-methyl/N-ethyl adjacent to an activating group) is 1. The van der Waals surface area contributed by atoms with Crippen molar-refractivity contribution in [3.8, 4) is 0 Å². The van der Waals surface area contributed by atoms with Crippen LogP contribution in [-0.4, -0.2) is 44.7 Å². The molecule has 4 heteroatoms. The zero-order valence-corrected chi connectivity index (χ0v) is 7.48. The highest BCUT2D eigenvalue weighted by atomic mass is 16.2. The third-order valence-corrected chi connectivity index (χ3v) is 1.55. The monoisotopic (exact) mass is 159 g/mol. The first-order chi connectivity index (χ1) is 5.20. The van der Waals surface area contributed by atoms with Crippen LogP contribution >= 0.6 is 0 Å². The Morgan fingerprint density at radius 3 is 2.64 bits per heavy atom. The third kappa shape index (κ3) is 5.66. The lowest BCUT2D eigenvalue weighted by molar-refractivity contribution is 0.240. The van der Waals surface area contributed by atoms with Gasteiger partial charge in [-0.05, 0) is 13.6 Å². The Bertz CT molecular complexity index is 116. The first kappa shape index (κ1) is 10.2. The molecule has 4 nitrogen and oxygen atoms in total. The van der Waals surface area contributed by atoms with Crippen LogP contribution in [0.4, 0.5) is 4.79 Å². The zero-order chi connectivity index (χ0) is 8.69. The summed E-state index contributed by atoms with van der Waals surface area (Å²) in [6, 6.07) is -0.116. The van der Waals surface area contributed by atoms with Gasteiger partial charge in [-0.15, -0.1) is 0 Å². The minimum Gasteiger partial charge on any atom is -0.341 e. The summed E-state index contributed by atoms with van der Waals surface area (Å²) in [7, 11) is 3.63. The van der Waals surface area contributed by atoms with Gasteiger partial charge >= 0.3 is 6.03 Å². The van der Waals surface area contributed by atoms with E-state index in [0.717, 1.165) is 13.1 Å². The van der Waals surface area contributed by atoms with Gasteiger partial charge in [0.15, 0.2) is 0 Å². The summed E-state index contributed by atoms with van der Waals surface area (Å²) >= 11 is 0. The molecule has 0 heterocycles. The van der Waals surface area contributed by atoms with Crippen LogP contribution in [-0.2, 0) is 0 Å². The van der Waals surface area contributed by atoms with Crippen LogP contribution in [0, 0.1) is 0 Å². The fourth-order valence-corrected chi connectivity index (χ4v) is 0.607. The molecular weight excluding hydrogens is 142 g/mol. The molecule has 11 heavy (non-hydrogen) atoms. The highest BCUT2D eigenvalue weighted by Crippen LogP contribution is 1.76. The van der Waals surface area contributed by atoms with Gasteiger partial charge in [0.05, 0.1) is 0 Å². The number of nitrogens with one attached hydrogen (secondary N) is 2. The average molecular weight is 159 g/mol. The zero-order valence-electron chi connectivity index (χ0n) is 7.48. The van der Waals surface area contributed by atoms with E-state index in [-0.39, 0.29) is 6.03 Å². The van der Waals surface area contributed by atoms with E-state index < -0.39 is 0 Å². The van der Waals surface area contributed by atoms with Crippen LogP contribution in [0.5, 0.6) is 0 Å². The molecular formula is C7H17N3O. The molecule has 2 amide bonds. The molecule has 0 bridgehead atoms. The smallest absolute Gasteiger partial charge is 0.314 e. The Labute approximate surface area is 67.9 Å². The lowest BCUT2D eigenvalue weighted by Gasteiger charge is -2.13. The molecule has 0 fully saturated rings. The molecule has 0 aromatic rings. The molecule has 2 N–H and O–H groups in total. The van der Waals surface area contributed by atoms with Gasteiger partial charge in [0, 0.05) is 20.1 Å². The van der Waals surface area contributed by atoms with Gasteiger partial charge in [-0.1, -0.05) is 6.92 Å². The minimum atomic E-state index is -0.116. The van der Waals surface area contributed by atoms with Crippen LogP contribution in [0.2, 0.25) is 0 Å². The van der Waals surface area contributed by atoms with Crippen LogP contribution in [0.3, 0.4) is 0 Å². The van der Waals surface area contributed by atoms with Crippen LogP contribution in [0.25, 0.3) is 0 Å². The summed E-state index contributed by atoms with van der Waals surface area (Å²) in [5.74, 6) is 0. The molecule has 0 aromatic heterocycles. The highest BCUT2D eigenvalue weighted by Gasteiger charge is 1.96. The summed E-state index contributed by atoms with van der Waals surface area (Å²) < 4.78 is 0. The standard InChI is InChI=1S/C7H17N3O/c1-4-10(3)6-5-9-7(11)8-2/h4-6H2,1-3H3,(H2,8,9,11). The van der Waals surface area contributed by atoms with Crippen LogP contribution in [0.1, 0.15) is 6.92 Å². The lowest BCUT2D eigenvalue weighted by Crippen LogP contribution is -2.37. The maximum absolute atomic E-state index is 10.6. The fourth-order valence-electron chi connectivity index (χ4n) is 0.607. The van der Waals surface area contributed by atoms with Crippen molar-refractivity contribution in [2.75, 3.05) is 33.7 Å². The van der Waals surface area contributed by atoms with Crippen molar-refractivity contribution >= 4 is 6.03 Å². The van der Waals surface area contributed by atoms with E-state index >= 15 is 0 Å². The number of carbonyl (C=O) groups is 1. The maximum atomic E-state index is 10.6. The first-order valence-corrected chi connectivity index (χ1v) is 3.84. The summed E-state index contributed by atoms with van der Waals surface area (Å²) in [6.07, 6.45) is 0. The number of amides is 2. The van der Waals surface area contributed by atoms with Gasteiger partial charge in [0.25, 0.3) is 0 Å². The maximum Gasteiger partial charge on any atom is 0.314 e. The Kier molecular flexibility index (Phi) is 5.56. The van der Waals surface area contributed by atoms with E-state index in [1.54, 1.807) is 7.05 Å². The predicted octanol–water partition coefficient (Wildman–Crippen LogP) is -0.133. The Morgan fingerprint density at radius 1 is 1.55 bits per heavy atom. The fraction of sp³-hybridized carbons (Fsp3) is 0.857. The van der Waals surface area contributed by atoms with Gasteiger partial charge < -0.3 is 15.5 Å². The number of carbonyl (C=O) groups excluding carboxylic acids is 1. The second-order valence-corrected chi connectivity index (χ2v) is 2.40. The molecule has 0 unspecified atom stereocenters. The molecule has 0 aliphatic heterocycles. The minimum absolute atomic E-state index is 0.116. The van der Waals surface area contributed by atoms with E-state index in [2.05, 4.69) is 22.5 Å². The summed E-state index contributed by atoms with van der Waals surface area (Å²) in [5, 5.41) is 5.19. The van der Waals surface area contributed by atoms with Gasteiger partial charge in [-0.3, -0.25) is 0 Å². The molecule has 66 valence electrons. The molecule has 0 saturated heterocycles. The molecule has 0 aliphatic rings. The number of nitrogens with zero attached hydrogens (tertiary/aromatic N) is 1. The van der Waals surface area contributed by atoms with Gasteiger partial charge in [-0.2, -0.15) is 0 Å². The van der Waals surface area contributed by atoms with Crippen LogP contribution in [0.15, 0.2) is 0 Å². The Hall–Kier alpha value is -0.770. The van der Waals surface area contributed by atoms with E-state index in [1.165, 1.54) is 0 Å². The number of urea groups is 1. The van der Waals surface area contributed by atoms with Crippen molar-refractivity contribution in [3.63, 3.8) is 0 Å². The van der Waals surface area contributed by atoms with E-state index in [1.807, 2.05) is 7.05 Å². The lowest BCUT2D eigenvalue weighted by atomic mass is 10.5. The predicted molar refractivity (Wildman–Crippen MR) is 45.6 cm³/mol. The Balaban J connectivity index is 3.20. The van der Waals surface area contributed by atoms with E-state index in [4.69, 9.17) is 0 Å². The summed E-state index contributed by atoms with van der Waals surface area (Å²) in [6.45, 7) is 4.68. The number of hydrogen-bond donors (Lipinski definition) is 2. The van der Waals surface area contributed by atoms with Gasteiger partial charge in [-0.25, -0.2) is 4.79 Å². The highest BCUT2D eigenvalue weighted by molar-refractivity contribution is 5.73. The van der Waals surface area contributed by atoms with Gasteiger partial charge in [0.2, 0.25) is 0 Å². The largest absolute Gasteiger partial charge is 0.341 e. The van der Waals surface area contributed by atoms with E-state index in [9.17, 15) is 4.79 Å². The molecule has 0 aliphatic carbocycles. The van der Waals surface area contributed by atoms with Gasteiger partial charge in [0.1, 0.15) is 0 Å². The van der Waals surface area contributed by atoms with Crippen molar-refractivity contribution in [1.29, 1.82) is 0 Å². The number of hydrogen-bond acceptors (Lipinski definition) is 2. The SMILES string of the molecule is CCN(C)CCNC(=O)NC. The van der Waals surface area contributed by atoms with Crippen LogP contribution < -0.4 is 10.6 Å². The molecule has 0 rings (SSSR count). The normalized spacial score (nSPS) is 9.82. The second kappa shape index (κ2) is 5.97. The first-order valence-electron chi connectivity index (χ1n) is 3.84. The van der Waals surface area contributed by atoms with E-state index in [0.29, 0.717) is 6.54 Å². The molecule has 0 radical (unpaired) electrons.